The Morgan fingerprint density at radius 2 is 1.96 bits per heavy atom. The van der Waals surface area contributed by atoms with E-state index in [2.05, 4.69) is 10.6 Å². The molecular weight excluding hydrogens is 391 g/mol. The number of benzene rings is 2. The minimum absolute atomic E-state index is 0.138. The number of halogens is 2. The van der Waals surface area contributed by atoms with Crippen molar-refractivity contribution in [3.05, 3.63) is 63.6 Å². The molecule has 0 spiro atoms. The first-order valence-electron chi connectivity index (χ1n) is 8.28. The molecule has 1 aliphatic rings. The second-order valence-electron chi connectivity index (χ2n) is 6.06. The number of anilines is 1. The van der Waals surface area contributed by atoms with E-state index >= 15 is 0 Å². The van der Waals surface area contributed by atoms with E-state index in [1.807, 2.05) is 30.3 Å². The first kappa shape index (κ1) is 19.3. The van der Waals surface area contributed by atoms with Gasteiger partial charge in [0.05, 0.1) is 13.2 Å². The van der Waals surface area contributed by atoms with Gasteiger partial charge in [-0.3, -0.25) is 0 Å². The van der Waals surface area contributed by atoms with Crippen LogP contribution in [0.25, 0.3) is 0 Å². The number of carbonyl (C=O) groups excluding carboxylic acids is 2. The first-order chi connectivity index (χ1) is 13.0. The summed E-state index contributed by atoms with van der Waals surface area (Å²) in [6, 6.07) is 11.4. The average Bonchev–Trinajstić information content (AvgIpc) is 2.65. The summed E-state index contributed by atoms with van der Waals surface area (Å²) in [5, 5.41) is 6.64. The van der Waals surface area contributed by atoms with Crippen LogP contribution < -0.4 is 10.6 Å². The molecule has 1 amide bonds. The maximum absolute atomic E-state index is 12.3. The number of rotatable bonds is 4. The van der Waals surface area contributed by atoms with Crippen molar-refractivity contribution in [3.8, 4) is 0 Å². The maximum Gasteiger partial charge on any atom is 0.407 e. The number of esters is 1. The molecule has 3 rings (SSSR count). The van der Waals surface area contributed by atoms with Gasteiger partial charge >= 0.3 is 12.1 Å². The van der Waals surface area contributed by atoms with E-state index in [9.17, 15) is 9.59 Å². The van der Waals surface area contributed by atoms with Gasteiger partial charge in [0.25, 0.3) is 0 Å². The molecule has 0 saturated carbocycles. The number of amides is 1. The van der Waals surface area contributed by atoms with E-state index in [-0.39, 0.29) is 13.0 Å². The van der Waals surface area contributed by atoms with Gasteiger partial charge in [-0.1, -0.05) is 53.5 Å². The van der Waals surface area contributed by atoms with E-state index in [1.165, 1.54) is 7.11 Å². The third kappa shape index (κ3) is 4.64. The lowest BCUT2D eigenvalue weighted by Crippen LogP contribution is -2.41. The van der Waals surface area contributed by atoms with Crippen molar-refractivity contribution in [1.29, 1.82) is 0 Å². The van der Waals surface area contributed by atoms with Gasteiger partial charge in [-0.05, 0) is 17.7 Å². The zero-order valence-corrected chi connectivity index (χ0v) is 16.0. The summed E-state index contributed by atoms with van der Waals surface area (Å²) >= 11 is 12.4. The third-order valence-electron chi connectivity index (χ3n) is 4.23. The monoisotopic (exact) mass is 408 g/mol. The smallest absolute Gasteiger partial charge is 0.407 e. The number of carbonyl (C=O) groups is 2. The molecule has 1 heterocycles. The summed E-state index contributed by atoms with van der Waals surface area (Å²) in [4.78, 5) is 24.3. The Kier molecular flexibility index (Phi) is 6.08. The Hall–Kier alpha value is -2.44. The zero-order chi connectivity index (χ0) is 19.4. The fraction of sp³-hybridized carbons (Fsp3) is 0.263. The van der Waals surface area contributed by atoms with Gasteiger partial charge in [0.2, 0.25) is 0 Å². The Morgan fingerprint density at radius 1 is 1.22 bits per heavy atom. The molecule has 8 heteroatoms. The highest BCUT2D eigenvalue weighted by atomic mass is 35.5. The molecule has 6 nitrogen and oxygen atoms in total. The summed E-state index contributed by atoms with van der Waals surface area (Å²) in [5.74, 6) is -0.443. The van der Waals surface area contributed by atoms with Gasteiger partial charge < -0.3 is 20.1 Å². The number of hydrogen-bond donors (Lipinski definition) is 2. The fourth-order valence-corrected chi connectivity index (χ4v) is 3.62. The highest BCUT2D eigenvalue weighted by Crippen LogP contribution is 2.40. The van der Waals surface area contributed by atoms with Crippen LogP contribution in [0.2, 0.25) is 10.0 Å². The molecule has 2 aromatic rings. The second-order valence-corrected chi connectivity index (χ2v) is 6.91. The molecule has 27 heavy (non-hydrogen) atoms. The average molecular weight is 409 g/mol. The fourth-order valence-electron chi connectivity index (χ4n) is 2.99. The van der Waals surface area contributed by atoms with E-state index in [0.717, 1.165) is 5.56 Å². The van der Waals surface area contributed by atoms with Gasteiger partial charge in [0, 0.05) is 27.7 Å². The van der Waals surface area contributed by atoms with E-state index in [4.69, 9.17) is 32.7 Å². The molecule has 142 valence electrons. The van der Waals surface area contributed by atoms with Crippen molar-refractivity contribution < 1.29 is 19.1 Å². The van der Waals surface area contributed by atoms with Crippen LogP contribution in [0, 0.1) is 0 Å². The third-order valence-corrected chi connectivity index (χ3v) is 4.77. The van der Waals surface area contributed by atoms with Crippen LogP contribution in [0.4, 0.5) is 10.5 Å². The molecule has 0 fully saturated rings. The van der Waals surface area contributed by atoms with Gasteiger partial charge in [0.1, 0.15) is 12.6 Å². The van der Waals surface area contributed by atoms with Crippen LogP contribution in [0.15, 0.2) is 42.5 Å². The molecular formula is C19H18Cl2N2O4. The maximum atomic E-state index is 12.3. The minimum Gasteiger partial charge on any atom is -0.467 e. The predicted molar refractivity (Wildman–Crippen MR) is 103 cm³/mol. The van der Waals surface area contributed by atoms with Crippen molar-refractivity contribution in [2.75, 3.05) is 12.4 Å². The zero-order valence-electron chi connectivity index (χ0n) is 14.5. The van der Waals surface area contributed by atoms with E-state index in [1.54, 1.807) is 12.1 Å². The van der Waals surface area contributed by atoms with Gasteiger partial charge in [-0.15, -0.1) is 0 Å². The molecule has 1 aliphatic heterocycles. The molecule has 0 aliphatic carbocycles. The number of methoxy groups -OCH3 is 1. The topological polar surface area (TPSA) is 76.7 Å². The molecule has 0 unspecified atom stereocenters. The van der Waals surface area contributed by atoms with Crippen LogP contribution >= 0.6 is 23.2 Å². The Labute approximate surface area is 166 Å². The largest absolute Gasteiger partial charge is 0.467 e. The Balaban J connectivity index is 1.76. The summed E-state index contributed by atoms with van der Waals surface area (Å²) in [6.45, 7) is 0.138. The normalized spacial score (nSPS) is 18.0. The highest BCUT2D eigenvalue weighted by Gasteiger charge is 2.34. The van der Waals surface area contributed by atoms with E-state index in [0.29, 0.717) is 21.3 Å². The minimum atomic E-state index is -0.642. The number of alkyl carbamates (subject to hydrolysis) is 1. The molecule has 0 bridgehead atoms. The second kappa shape index (κ2) is 8.50. The lowest BCUT2D eigenvalue weighted by Gasteiger charge is -2.32. The van der Waals surface area contributed by atoms with Gasteiger partial charge in [-0.25, -0.2) is 9.59 Å². The molecule has 2 atom stereocenters. The van der Waals surface area contributed by atoms with E-state index < -0.39 is 24.1 Å². The number of hydrogen-bond acceptors (Lipinski definition) is 5. The molecule has 2 N–H and O–H groups in total. The molecule has 0 radical (unpaired) electrons. The van der Waals surface area contributed by atoms with Crippen LogP contribution in [-0.2, 0) is 20.9 Å². The summed E-state index contributed by atoms with van der Waals surface area (Å²) < 4.78 is 10.1. The molecule has 2 aromatic carbocycles. The predicted octanol–water partition coefficient (Wildman–Crippen LogP) is 4.32. The molecule has 0 aromatic heterocycles. The number of ether oxygens (including phenoxy) is 2. The van der Waals surface area contributed by atoms with Crippen molar-refractivity contribution in [2.24, 2.45) is 0 Å². The lowest BCUT2D eigenvalue weighted by molar-refractivity contribution is -0.141. The van der Waals surface area contributed by atoms with Crippen LogP contribution in [0.3, 0.4) is 0 Å². The molecule has 0 saturated heterocycles. The van der Waals surface area contributed by atoms with Crippen molar-refractivity contribution >= 4 is 41.0 Å². The van der Waals surface area contributed by atoms with Crippen LogP contribution in [0.5, 0.6) is 0 Å². The Morgan fingerprint density at radius 3 is 2.67 bits per heavy atom. The summed E-state index contributed by atoms with van der Waals surface area (Å²) in [6.07, 6.45) is -0.340. The summed E-state index contributed by atoms with van der Waals surface area (Å²) in [5.41, 5.74) is 2.09. The highest BCUT2D eigenvalue weighted by molar-refractivity contribution is 6.35. The van der Waals surface area contributed by atoms with Gasteiger partial charge in [-0.2, -0.15) is 0 Å². The van der Waals surface area contributed by atoms with Crippen molar-refractivity contribution in [2.45, 2.75) is 25.1 Å². The van der Waals surface area contributed by atoms with Crippen LogP contribution in [0.1, 0.15) is 23.6 Å². The van der Waals surface area contributed by atoms with Crippen molar-refractivity contribution in [3.63, 3.8) is 0 Å². The summed E-state index contributed by atoms with van der Waals surface area (Å²) in [7, 11) is 1.31. The first-order valence-corrected chi connectivity index (χ1v) is 9.04. The number of fused-ring (bicyclic) bond motifs is 1. The lowest BCUT2D eigenvalue weighted by atomic mass is 9.93. The van der Waals surface area contributed by atoms with Crippen LogP contribution in [-0.4, -0.2) is 25.2 Å². The SMILES string of the molecule is COC(=O)[C@@H]1C[C@H](NC(=O)OCc2ccccc2)c2c(Cl)cc(Cl)cc2N1. The standard InChI is InChI=1S/C19H18Cl2N2O4/c1-26-18(24)16-9-15(17-13(21)7-12(20)8-14(17)22-16)23-19(25)27-10-11-5-3-2-4-6-11/h2-8,15-16,22H,9-10H2,1H3,(H,23,25)/t15-,16-/m0/s1. The number of nitrogens with one attached hydrogen (secondary N) is 2. The Bertz CT molecular complexity index is 845. The van der Waals surface area contributed by atoms with Gasteiger partial charge in [0.15, 0.2) is 0 Å². The van der Waals surface area contributed by atoms with Crippen molar-refractivity contribution in [1.82, 2.24) is 5.32 Å². The quantitative estimate of drug-likeness (QED) is 0.736.